The van der Waals surface area contributed by atoms with Gasteiger partial charge in [0.05, 0.1) is 0 Å². The van der Waals surface area contributed by atoms with Gasteiger partial charge in [0, 0.05) is 24.9 Å². The zero-order chi connectivity index (χ0) is 20.3. The second kappa shape index (κ2) is 8.05. The summed E-state index contributed by atoms with van der Waals surface area (Å²) < 4.78 is 5.93. The zero-order valence-electron chi connectivity index (χ0n) is 16.6. The Labute approximate surface area is 165 Å². The van der Waals surface area contributed by atoms with E-state index in [0.717, 1.165) is 16.8 Å². The first kappa shape index (κ1) is 19.9. The normalized spacial score (nSPS) is 24.0. The van der Waals surface area contributed by atoms with Crippen LogP contribution in [-0.4, -0.2) is 22.6 Å². The number of aliphatic carboxylic acids is 1. The van der Waals surface area contributed by atoms with E-state index in [1.54, 1.807) is 12.1 Å². The maximum Gasteiger partial charge on any atom is 0.348 e. The van der Waals surface area contributed by atoms with Gasteiger partial charge in [0.2, 0.25) is 11.5 Å². The third kappa shape index (κ3) is 4.53. The summed E-state index contributed by atoms with van der Waals surface area (Å²) >= 11 is 0. The van der Waals surface area contributed by atoms with Crippen LogP contribution in [0, 0.1) is 25.7 Å². The second-order valence-electron chi connectivity index (χ2n) is 7.99. The SMILES string of the molecule is Cc1cc(C)cc(NC(=O)CC2CC(Oc3ccccc3)(C(=O)O)CC2C)c1. The molecule has 1 aliphatic rings. The maximum atomic E-state index is 12.6. The van der Waals surface area contributed by atoms with Gasteiger partial charge >= 0.3 is 5.97 Å². The Morgan fingerprint density at radius 2 is 1.75 bits per heavy atom. The highest BCUT2D eigenvalue weighted by Gasteiger charge is 2.51. The molecule has 3 rings (SSSR count). The van der Waals surface area contributed by atoms with Crippen LogP contribution in [0.3, 0.4) is 0 Å². The van der Waals surface area contributed by atoms with Gasteiger partial charge in [0.1, 0.15) is 5.75 Å². The Morgan fingerprint density at radius 3 is 2.36 bits per heavy atom. The Balaban J connectivity index is 1.69. The average Bonchev–Trinajstić information content (AvgIpc) is 2.91. The molecule has 2 aromatic rings. The fourth-order valence-electron chi connectivity index (χ4n) is 4.18. The molecule has 5 heteroatoms. The molecule has 3 unspecified atom stereocenters. The van der Waals surface area contributed by atoms with Crippen LogP contribution in [0.25, 0.3) is 0 Å². The molecule has 0 saturated heterocycles. The van der Waals surface area contributed by atoms with Crippen LogP contribution in [0.2, 0.25) is 0 Å². The van der Waals surface area contributed by atoms with Crippen molar-refractivity contribution in [3.63, 3.8) is 0 Å². The number of para-hydroxylation sites is 1. The number of carbonyl (C=O) groups excluding carboxylic acids is 1. The molecule has 148 valence electrons. The highest BCUT2D eigenvalue weighted by Crippen LogP contribution is 2.44. The van der Waals surface area contributed by atoms with Gasteiger partial charge in [-0.05, 0) is 61.1 Å². The average molecular weight is 381 g/mol. The largest absolute Gasteiger partial charge is 0.478 e. The first-order chi connectivity index (χ1) is 13.3. The van der Waals surface area contributed by atoms with Crippen LogP contribution >= 0.6 is 0 Å². The van der Waals surface area contributed by atoms with Crippen LogP contribution in [0.1, 0.15) is 37.3 Å². The summed E-state index contributed by atoms with van der Waals surface area (Å²) in [6.45, 7) is 5.97. The molecule has 0 aliphatic heterocycles. The van der Waals surface area contributed by atoms with E-state index in [-0.39, 0.29) is 24.2 Å². The van der Waals surface area contributed by atoms with Gasteiger partial charge in [-0.2, -0.15) is 0 Å². The Hall–Kier alpha value is -2.82. The molecular weight excluding hydrogens is 354 g/mol. The lowest BCUT2D eigenvalue weighted by molar-refractivity contribution is -0.155. The Bertz CT molecular complexity index is 844. The van der Waals surface area contributed by atoms with E-state index in [0.29, 0.717) is 18.6 Å². The first-order valence-corrected chi connectivity index (χ1v) is 9.63. The minimum absolute atomic E-state index is 0.0503. The minimum Gasteiger partial charge on any atom is -0.478 e. The highest BCUT2D eigenvalue weighted by molar-refractivity contribution is 5.91. The number of nitrogens with one attached hydrogen (secondary N) is 1. The zero-order valence-corrected chi connectivity index (χ0v) is 16.6. The number of benzene rings is 2. The predicted molar refractivity (Wildman–Crippen MR) is 108 cm³/mol. The van der Waals surface area contributed by atoms with Crippen LogP contribution < -0.4 is 10.1 Å². The molecule has 2 aromatic carbocycles. The van der Waals surface area contributed by atoms with E-state index in [4.69, 9.17) is 4.74 Å². The molecule has 1 saturated carbocycles. The molecule has 1 aliphatic carbocycles. The topological polar surface area (TPSA) is 75.6 Å². The number of aryl methyl sites for hydroxylation is 2. The van der Waals surface area contributed by atoms with Gasteiger partial charge in [-0.3, -0.25) is 4.79 Å². The van der Waals surface area contributed by atoms with E-state index in [1.807, 2.05) is 51.1 Å². The fraction of sp³-hybridized carbons (Fsp3) is 0.391. The molecule has 0 heterocycles. The van der Waals surface area contributed by atoms with Gasteiger partial charge in [0.15, 0.2) is 0 Å². The molecule has 28 heavy (non-hydrogen) atoms. The van der Waals surface area contributed by atoms with E-state index < -0.39 is 11.6 Å². The molecule has 5 nitrogen and oxygen atoms in total. The van der Waals surface area contributed by atoms with Gasteiger partial charge in [-0.15, -0.1) is 0 Å². The molecule has 1 fully saturated rings. The Morgan fingerprint density at radius 1 is 1.11 bits per heavy atom. The fourth-order valence-corrected chi connectivity index (χ4v) is 4.18. The molecule has 3 atom stereocenters. The van der Waals surface area contributed by atoms with E-state index in [9.17, 15) is 14.7 Å². The summed E-state index contributed by atoms with van der Waals surface area (Å²) in [6, 6.07) is 14.9. The van der Waals surface area contributed by atoms with Crippen molar-refractivity contribution in [2.45, 2.75) is 45.6 Å². The van der Waals surface area contributed by atoms with Crippen LogP contribution in [0.4, 0.5) is 5.69 Å². The van der Waals surface area contributed by atoms with Crippen molar-refractivity contribution in [3.05, 3.63) is 59.7 Å². The van der Waals surface area contributed by atoms with Gasteiger partial charge < -0.3 is 15.2 Å². The lowest BCUT2D eigenvalue weighted by Gasteiger charge is -2.26. The molecular formula is C23H27NO4. The first-order valence-electron chi connectivity index (χ1n) is 9.63. The summed E-state index contributed by atoms with van der Waals surface area (Å²) in [7, 11) is 0. The smallest absolute Gasteiger partial charge is 0.348 e. The van der Waals surface area contributed by atoms with Crippen LogP contribution in [-0.2, 0) is 9.59 Å². The molecule has 0 spiro atoms. The number of amides is 1. The summed E-state index contributed by atoms with van der Waals surface area (Å²) in [5.74, 6) is -0.504. The molecule has 0 bridgehead atoms. The van der Waals surface area contributed by atoms with E-state index in [2.05, 4.69) is 11.4 Å². The number of hydrogen-bond acceptors (Lipinski definition) is 3. The molecule has 1 amide bonds. The van der Waals surface area contributed by atoms with Crippen molar-refractivity contribution >= 4 is 17.6 Å². The molecule has 0 radical (unpaired) electrons. The molecule has 2 N–H and O–H groups in total. The van der Waals surface area contributed by atoms with E-state index >= 15 is 0 Å². The van der Waals surface area contributed by atoms with Crippen molar-refractivity contribution in [2.24, 2.45) is 11.8 Å². The van der Waals surface area contributed by atoms with Crippen LogP contribution in [0.15, 0.2) is 48.5 Å². The minimum atomic E-state index is -1.29. The Kier molecular flexibility index (Phi) is 5.73. The summed E-state index contributed by atoms with van der Waals surface area (Å²) in [5, 5.41) is 12.8. The third-order valence-corrected chi connectivity index (χ3v) is 5.45. The molecule has 0 aromatic heterocycles. The number of ether oxygens (including phenoxy) is 1. The summed E-state index contributed by atoms with van der Waals surface area (Å²) in [4.78, 5) is 24.6. The predicted octanol–water partition coefficient (Wildman–Crippen LogP) is 4.58. The van der Waals surface area contributed by atoms with Crippen molar-refractivity contribution in [1.29, 1.82) is 0 Å². The van der Waals surface area contributed by atoms with Crippen molar-refractivity contribution in [2.75, 3.05) is 5.32 Å². The number of rotatable bonds is 6. The number of hydrogen-bond donors (Lipinski definition) is 2. The number of carbonyl (C=O) groups is 2. The number of anilines is 1. The van der Waals surface area contributed by atoms with E-state index in [1.165, 1.54) is 0 Å². The lowest BCUT2D eigenvalue weighted by Crippen LogP contribution is -2.42. The number of carboxylic acids is 1. The lowest BCUT2D eigenvalue weighted by atomic mass is 9.94. The van der Waals surface area contributed by atoms with Crippen LogP contribution in [0.5, 0.6) is 5.75 Å². The maximum absolute atomic E-state index is 12.6. The third-order valence-electron chi connectivity index (χ3n) is 5.45. The summed E-state index contributed by atoms with van der Waals surface area (Å²) in [6.07, 6.45) is 0.985. The standard InChI is InChI=1S/C23H27NO4/c1-15-9-16(2)11-19(10-15)24-21(25)12-18-14-23(22(26)27,13-17(18)3)28-20-7-5-4-6-8-20/h4-11,17-18H,12-14H2,1-3H3,(H,24,25)(H,26,27). The second-order valence-corrected chi connectivity index (χ2v) is 7.99. The van der Waals surface area contributed by atoms with Gasteiger partial charge in [0.25, 0.3) is 0 Å². The number of carboxylic acid groups (broad SMARTS) is 1. The quantitative estimate of drug-likeness (QED) is 0.768. The van der Waals surface area contributed by atoms with Crippen molar-refractivity contribution in [1.82, 2.24) is 0 Å². The summed E-state index contributed by atoms with van der Waals surface area (Å²) in [5.41, 5.74) is 1.67. The van der Waals surface area contributed by atoms with Crippen molar-refractivity contribution < 1.29 is 19.4 Å². The highest BCUT2D eigenvalue weighted by atomic mass is 16.5. The van der Waals surface area contributed by atoms with Crippen molar-refractivity contribution in [3.8, 4) is 5.75 Å². The van der Waals surface area contributed by atoms with Gasteiger partial charge in [-0.25, -0.2) is 4.79 Å². The van der Waals surface area contributed by atoms with Gasteiger partial charge in [-0.1, -0.05) is 31.2 Å². The monoisotopic (exact) mass is 381 g/mol.